The van der Waals surface area contributed by atoms with Gasteiger partial charge < -0.3 is 10.2 Å². The molecule has 2 fully saturated rings. The fraction of sp³-hybridized carbons (Fsp3) is 0.273. The minimum absolute atomic E-state index is 0.149. The van der Waals surface area contributed by atoms with Crippen LogP contribution in [0.25, 0.3) is 6.08 Å². The van der Waals surface area contributed by atoms with E-state index >= 15 is 0 Å². The van der Waals surface area contributed by atoms with Crippen molar-refractivity contribution in [1.29, 1.82) is 0 Å². The normalized spacial score (nSPS) is 18.3. The summed E-state index contributed by atoms with van der Waals surface area (Å²) in [6.45, 7) is 1.62. The molecule has 11 heteroatoms. The van der Waals surface area contributed by atoms with Gasteiger partial charge in [0, 0.05) is 36.7 Å². The lowest BCUT2D eigenvalue weighted by molar-refractivity contribution is -0.137. The molecule has 2 aliphatic heterocycles. The Kier molecular flexibility index (Phi) is 7.21. The van der Waals surface area contributed by atoms with E-state index in [9.17, 15) is 23.6 Å². The van der Waals surface area contributed by atoms with Gasteiger partial charge in [-0.25, -0.2) is 4.39 Å². The van der Waals surface area contributed by atoms with E-state index in [1.54, 1.807) is 11.0 Å². The van der Waals surface area contributed by atoms with E-state index in [1.807, 2.05) is 22.4 Å². The molecule has 0 bridgehead atoms. The topological polar surface area (TPSA) is 90.0 Å². The minimum Gasteiger partial charge on any atom is -0.339 e. The molecule has 8 nitrogen and oxygen atoms in total. The summed E-state index contributed by atoms with van der Waals surface area (Å²) >= 11 is 2.30. The Balaban J connectivity index is 1.24. The molecule has 2 aliphatic rings. The zero-order valence-corrected chi connectivity index (χ0v) is 19.2. The third kappa shape index (κ3) is 5.86. The number of carbonyl (C=O) groups is 4. The number of carbonyl (C=O) groups excluding carboxylic acids is 4. The van der Waals surface area contributed by atoms with Gasteiger partial charge in [-0.15, -0.1) is 11.3 Å². The zero-order valence-electron chi connectivity index (χ0n) is 17.5. The van der Waals surface area contributed by atoms with E-state index < -0.39 is 11.1 Å². The second-order valence-electron chi connectivity index (χ2n) is 7.50. The van der Waals surface area contributed by atoms with Gasteiger partial charge in [0.1, 0.15) is 12.4 Å². The lowest BCUT2D eigenvalue weighted by Crippen LogP contribution is -2.52. The number of benzene rings is 1. The molecule has 0 atom stereocenters. The van der Waals surface area contributed by atoms with Gasteiger partial charge in [-0.05, 0) is 53.5 Å². The number of thiophene rings is 1. The summed E-state index contributed by atoms with van der Waals surface area (Å²) in [6.07, 6.45) is 1.66. The Morgan fingerprint density at radius 1 is 1.03 bits per heavy atom. The first kappa shape index (κ1) is 23.1. The number of halogens is 1. The van der Waals surface area contributed by atoms with Crippen molar-refractivity contribution in [3.8, 4) is 0 Å². The molecular weight excluding hydrogens is 467 g/mol. The van der Waals surface area contributed by atoms with E-state index in [0.29, 0.717) is 36.8 Å². The van der Waals surface area contributed by atoms with Crippen molar-refractivity contribution in [2.24, 2.45) is 0 Å². The number of imide groups is 1. The fourth-order valence-electron chi connectivity index (χ4n) is 3.47. The molecule has 1 N–H and O–H groups in total. The van der Waals surface area contributed by atoms with Gasteiger partial charge in [-0.3, -0.25) is 29.0 Å². The van der Waals surface area contributed by atoms with Crippen LogP contribution in [0.1, 0.15) is 4.88 Å². The van der Waals surface area contributed by atoms with E-state index in [0.717, 1.165) is 21.5 Å². The number of amides is 4. The Morgan fingerprint density at radius 3 is 2.42 bits per heavy atom. The van der Waals surface area contributed by atoms with Crippen LogP contribution in [0.5, 0.6) is 0 Å². The Labute approximate surface area is 198 Å². The highest BCUT2D eigenvalue weighted by atomic mass is 32.2. The lowest BCUT2D eigenvalue weighted by Gasteiger charge is -2.34. The first-order valence-corrected chi connectivity index (χ1v) is 11.9. The van der Waals surface area contributed by atoms with Crippen LogP contribution < -0.4 is 5.32 Å². The molecule has 2 saturated heterocycles. The van der Waals surface area contributed by atoms with Gasteiger partial charge in [-0.2, -0.15) is 0 Å². The molecule has 0 radical (unpaired) electrons. The van der Waals surface area contributed by atoms with Gasteiger partial charge in [0.25, 0.3) is 11.1 Å². The molecule has 4 rings (SSSR count). The monoisotopic (exact) mass is 488 g/mol. The molecule has 3 heterocycles. The van der Waals surface area contributed by atoms with Crippen molar-refractivity contribution in [2.45, 2.75) is 0 Å². The van der Waals surface area contributed by atoms with Crippen LogP contribution in [-0.2, 0) is 14.4 Å². The summed E-state index contributed by atoms with van der Waals surface area (Å²) in [7, 11) is 0. The number of anilines is 1. The number of hydrogen-bond donors (Lipinski definition) is 1. The molecule has 1 aromatic carbocycles. The van der Waals surface area contributed by atoms with Crippen molar-refractivity contribution in [3.05, 3.63) is 57.4 Å². The van der Waals surface area contributed by atoms with Crippen molar-refractivity contribution >= 4 is 57.8 Å². The van der Waals surface area contributed by atoms with Crippen LogP contribution in [-0.4, -0.2) is 76.9 Å². The van der Waals surface area contributed by atoms with Crippen molar-refractivity contribution in [1.82, 2.24) is 14.7 Å². The van der Waals surface area contributed by atoms with E-state index in [4.69, 9.17) is 0 Å². The molecule has 4 amide bonds. The number of piperazine rings is 1. The summed E-state index contributed by atoms with van der Waals surface area (Å²) in [6, 6.07) is 9.23. The number of nitrogens with one attached hydrogen (secondary N) is 1. The summed E-state index contributed by atoms with van der Waals surface area (Å²) in [4.78, 5) is 55.4. The van der Waals surface area contributed by atoms with Gasteiger partial charge in [0.15, 0.2) is 0 Å². The van der Waals surface area contributed by atoms with Crippen molar-refractivity contribution < 1.29 is 23.6 Å². The van der Waals surface area contributed by atoms with Gasteiger partial charge in [0.2, 0.25) is 11.8 Å². The molecule has 0 unspecified atom stereocenters. The second kappa shape index (κ2) is 10.3. The predicted molar refractivity (Wildman–Crippen MR) is 125 cm³/mol. The summed E-state index contributed by atoms with van der Waals surface area (Å²) in [5, 5.41) is 4.14. The van der Waals surface area contributed by atoms with Crippen LogP contribution in [0.4, 0.5) is 14.9 Å². The van der Waals surface area contributed by atoms with Crippen LogP contribution in [0.15, 0.2) is 46.7 Å². The average Bonchev–Trinajstić information content (AvgIpc) is 3.40. The summed E-state index contributed by atoms with van der Waals surface area (Å²) < 4.78 is 13.0. The molecule has 2 aromatic rings. The summed E-state index contributed by atoms with van der Waals surface area (Å²) in [5.74, 6) is -1.36. The lowest BCUT2D eigenvalue weighted by atomic mass is 10.2. The standard InChI is InChI=1S/C22H21FN4O4S2/c23-15-3-5-16(6-4-15)24-19(28)13-25-7-9-26(10-8-25)20(29)14-27-21(30)18(33-22(27)31)12-17-2-1-11-32-17/h1-6,11-12H,7-10,13-14H2,(H,24,28)/b18-12-. The molecule has 172 valence electrons. The largest absolute Gasteiger partial charge is 0.339 e. The Morgan fingerprint density at radius 2 is 1.76 bits per heavy atom. The molecular formula is C22H21FN4O4S2. The van der Waals surface area contributed by atoms with Gasteiger partial charge >= 0.3 is 0 Å². The van der Waals surface area contributed by atoms with Gasteiger partial charge in [-0.1, -0.05) is 6.07 Å². The molecule has 0 aliphatic carbocycles. The minimum atomic E-state index is -0.456. The second-order valence-corrected chi connectivity index (χ2v) is 9.47. The molecule has 0 spiro atoms. The number of rotatable bonds is 6. The average molecular weight is 489 g/mol. The zero-order chi connectivity index (χ0) is 23.4. The first-order chi connectivity index (χ1) is 15.9. The maximum atomic E-state index is 13.0. The third-order valence-electron chi connectivity index (χ3n) is 5.20. The Hall–Kier alpha value is -3.02. The highest BCUT2D eigenvalue weighted by molar-refractivity contribution is 8.18. The molecule has 33 heavy (non-hydrogen) atoms. The maximum absolute atomic E-state index is 13.0. The Bertz CT molecular complexity index is 1080. The third-order valence-corrected chi connectivity index (χ3v) is 6.93. The molecule has 0 saturated carbocycles. The van der Waals surface area contributed by atoms with Crippen molar-refractivity contribution in [2.75, 3.05) is 44.6 Å². The number of hydrogen-bond acceptors (Lipinski definition) is 7. The highest BCUT2D eigenvalue weighted by Gasteiger charge is 2.37. The molecule has 1 aromatic heterocycles. The van der Waals surface area contributed by atoms with Crippen LogP contribution >= 0.6 is 23.1 Å². The maximum Gasteiger partial charge on any atom is 0.294 e. The van der Waals surface area contributed by atoms with E-state index in [-0.39, 0.29) is 30.7 Å². The highest BCUT2D eigenvalue weighted by Crippen LogP contribution is 2.32. The van der Waals surface area contributed by atoms with Crippen molar-refractivity contribution in [3.63, 3.8) is 0 Å². The quantitative estimate of drug-likeness (QED) is 0.629. The number of nitrogens with zero attached hydrogens (tertiary/aromatic N) is 3. The predicted octanol–water partition coefficient (Wildman–Crippen LogP) is 2.71. The first-order valence-electron chi connectivity index (χ1n) is 10.2. The smallest absolute Gasteiger partial charge is 0.294 e. The number of thioether (sulfide) groups is 1. The van der Waals surface area contributed by atoms with Crippen LogP contribution in [0, 0.1) is 5.82 Å². The summed E-state index contributed by atoms with van der Waals surface area (Å²) in [5.41, 5.74) is 0.514. The van der Waals surface area contributed by atoms with Gasteiger partial charge in [0.05, 0.1) is 11.4 Å². The van der Waals surface area contributed by atoms with E-state index in [1.165, 1.54) is 35.6 Å². The SMILES string of the molecule is O=C(CN1CCN(C(=O)CN2C(=O)S/C(=C\c3cccs3)C2=O)CC1)Nc1ccc(F)cc1. The van der Waals surface area contributed by atoms with E-state index in [2.05, 4.69) is 5.32 Å². The van der Waals surface area contributed by atoms with Crippen LogP contribution in [0.2, 0.25) is 0 Å². The van der Waals surface area contributed by atoms with Crippen LogP contribution in [0.3, 0.4) is 0 Å². The fourth-order valence-corrected chi connectivity index (χ4v) is 5.03.